The van der Waals surface area contributed by atoms with Crippen LogP contribution in [-0.2, 0) is 21.3 Å². The molecule has 0 unspecified atom stereocenters. The standard InChI is InChI=1S/C16H25N3O3/c1-11-3-4-12(22-11)5-6-14(20)18-13-7-10-21-15(13)16-17-8-9-19(16)2/h8-9,11-13,15H,3-7,10H2,1-2H3,(H,18,20)/t11-,12-,13+,15+/m1/s1. The lowest BCUT2D eigenvalue weighted by Gasteiger charge is -2.20. The molecule has 6 heteroatoms. The molecule has 122 valence electrons. The first kappa shape index (κ1) is 15.5. The van der Waals surface area contributed by atoms with Crippen molar-refractivity contribution in [3.8, 4) is 0 Å². The summed E-state index contributed by atoms with van der Waals surface area (Å²) in [5.74, 6) is 0.952. The van der Waals surface area contributed by atoms with Crippen LogP contribution in [0.15, 0.2) is 12.4 Å². The first-order valence-corrected chi connectivity index (χ1v) is 8.17. The van der Waals surface area contributed by atoms with Crippen molar-refractivity contribution < 1.29 is 14.3 Å². The minimum atomic E-state index is -0.147. The Kier molecular flexibility index (Phi) is 4.78. The smallest absolute Gasteiger partial charge is 0.220 e. The second kappa shape index (κ2) is 6.79. The van der Waals surface area contributed by atoms with Gasteiger partial charge in [0.1, 0.15) is 11.9 Å². The van der Waals surface area contributed by atoms with Gasteiger partial charge >= 0.3 is 0 Å². The summed E-state index contributed by atoms with van der Waals surface area (Å²) in [6.45, 7) is 2.75. The van der Waals surface area contributed by atoms with Gasteiger partial charge in [0.15, 0.2) is 0 Å². The molecule has 0 spiro atoms. The Morgan fingerprint density at radius 2 is 2.32 bits per heavy atom. The summed E-state index contributed by atoms with van der Waals surface area (Å²) in [6, 6.07) is 0.0111. The van der Waals surface area contributed by atoms with Crippen LogP contribution in [0.3, 0.4) is 0 Å². The number of hydrogen-bond acceptors (Lipinski definition) is 4. The van der Waals surface area contributed by atoms with Gasteiger partial charge in [-0.25, -0.2) is 4.98 Å². The number of ether oxygens (including phenoxy) is 2. The Morgan fingerprint density at radius 1 is 1.45 bits per heavy atom. The Bertz CT molecular complexity index is 516. The van der Waals surface area contributed by atoms with E-state index in [2.05, 4.69) is 17.2 Å². The van der Waals surface area contributed by atoms with Crippen LogP contribution in [0.5, 0.6) is 0 Å². The van der Waals surface area contributed by atoms with E-state index in [9.17, 15) is 4.79 Å². The van der Waals surface area contributed by atoms with Crippen molar-refractivity contribution in [1.82, 2.24) is 14.9 Å². The molecular formula is C16H25N3O3. The van der Waals surface area contributed by atoms with Crippen LogP contribution in [-0.4, -0.2) is 40.3 Å². The fourth-order valence-electron chi connectivity index (χ4n) is 3.31. The molecule has 2 aliphatic heterocycles. The van der Waals surface area contributed by atoms with Gasteiger partial charge < -0.3 is 19.4 Å². The molecule has 22 heavy (non-hydrogen) atoms. The molecule has 1 aromatic rings. The highest BCUT2D eigenvalue weighted by molar-refractivity contribution is 5.76. The molecule has 0 saturated carbocycles. The van der Waals surface area contributed by atoms with E-state index in [1.165, 1.54) is 0 Å². The number of nitrogens with one attached hydrogen (secondary N) is 1. The third kappa shape index (κ3) is 3.50. The van der Waals surface area contributed by atoms with E-state index in [1.807, 2.05) is 17.8 Å². The van der Waals surface area contributed by atoms with E-state index in [4.69, 9.17) is 9.47 Å². The van der Waals surface area contributed by atoms with Crippen molar-refractivity contribution in [2.75, 3.05) is 6.61 Å². The van der Waals surface area contributed by atoms with Crippen LogP contribution in [0.25, 0.3) is 0 Å². The van der Waals surface area contributed by atoms with Gasteiger partial charge in [0.05, 0.1) is 18.2 Å². The number of imidazole rings is 1. The summed E-state index contributed by atoms with van der Waals surface area (Å²) < 4.78 is 13.5. The van der Waals surface area contributed by atoms with Crippen LogP contribution in [0.1, 0.15) is 51.0 Å². The summed E-state index contributed by atoms with van der Waals surface area (Å²) in [5, 5.41) is 3.11. The van der Waals surface area contributed by atoms with E-state index in [1.54, 1.807) is 6.20 Å². The zero-order valence-corrected chi connectivity index (χ0v) is 13.3. The van der Waals surface area contributed by atoms with Crippen LogP contribution >= 0.6 is 0 Å². The fourth-order valence-corrected chi connectivity index (χ4v) is 3.31. The highest BCUT2D eigenvalue weighted by Crippen LogP contribution is 2.28. The normalized spacial score (nSPS) is 31.5. The molecule has 2 fully saturated rings. The minimum absolute atomic E-state index is 0.0111. The summed E-state index contributed by atoms with van der Waals surface area (Å²) in [6.07, 6.45) is 8.41. The van der Waals surface area contributed by atoms with Crippen molar-refractivity contribution in [3.63, 3.8) is 0 Å². The average Bonchev–Trinajstić information content (AvgIpc) is 3.18. The molecule has 0 bridgehead atoms. The zero-order valence-electron chi connectivity index (χ0n) is 13.3. The topological polar surface area (TPSA) is 65.4 Å². The van der Waals surface area contributed by atoms with Crippen molar-refractivity contribution in [3.05, 3.63) is 18.2 Å². The third-order valence-corrected chi connectivity index (χ3v) is 4.56. The van der Waals surface area contributed by atoms with E-state index < -0.39 is 0 Å². The molecule has 3 rings (SSSR count). The van der Waals surface area contributed by atoms with Gasteiger partial charge in [0.25, 0.3) is 0 Å². The van der Waals surface area contributed by atoms with Gasteiger partial charge in [0, 0.05) is 32.5 Å². The Labute approximate surface area is 131 Å². The summed E-state index contributed by atoms with van der Waals surface area (Å²) in [7, 11) is 1.95. The molecule has 1 aromatic heterocycles. The molecule has 0 aromatic carbocycles. The molecule has 2 saturated heterocycles. The van der Waals surface area contributed by atoms with E-state index in [0.29, 0.717) is 19.1 Å². The van der Waals surface area contributed by atoms with Crippen LogP contribution < -0.4 is 5.32 Å². The Balaban J connectivity index is 1.49. The van der Waals surface area contributed by atoms with Crippen LogP contribution in [0, 0.1) is 0 Å². The number of amides is 1. The van der Waals surface area contributed by atoms with Gasteiger partial charge in [-0.2, -0.15) is 0 Å². The van der Waals surface area contributed by atoms with E-state index >= 15 is 0 Å². The highest BCUT2D eigenvalue weighted by Gasteiger charge is 2.33. The highest BCUT2D eigenvalue weighted by atomic mass is 16.5. The summed E-state index contributed by atoms with van der Waals surface area (Å²) >= 11 is 0. The predicted octanol–water partition coefficient (Wildman–Crippen LogP) is 1.71. The fraction of sp³-hybridized carbons (Fsp3) is 0.750. The van der Waals surface area contributed by atoms with Gasteiger partial charge in [-0.1, -0.05) is 0 Å². The van der Waals surface area contributed by atoms with Crippen molar-refractivity contribution in [2.24, 2.45) is 7.05 Å². The lowest BCUT2D eigenvalue weighted by molar-refractivity contribution is -0.123. The van der Waals surface area contributed by atoms with Crippen molar-refractivity contribution >= 4 is 5.91 Å². The summed E-state index contributed by atoms with van der Waals surface area (Å²) in [4.78, 5) is 16.5. The quantitative estimate of drug-likeness (QED) is 0.899. The summed E-state index contributed by atoms with van der Waals surface area (Å²) in [5.41, 5.74) is 0. The van der Waals surface area contributed by atoms with Gasteiger partial charge in [0.2, 0.25) is 5.91 Å². The van der Waals surface area contributed by atoms with Crippen LogP contribution in [0.2, 0.25) is 0 Å². The molecule has 6 nitrogen and oxygen atoms in total. The maximum Gasteiger partial charge on any atom is 0.220 e. The number of carbonyl (C=O) groups excluding carboxylic acids is 1. The second-order valence-corrected chi connectivity index (χ2v) is 6.34. The van der Waals surface area contributed by atoms with Gasteiger partial charge in [-0.15, -0.1) is 0 Å². The molecule has 0 radical (unpaired) electrons. The maximum absolute atomic E-state index is 12.2. The third-order valence-electron chi connectivity index (χ3n) is 4.56. The molecule has 0 aliphatic carbocycles. The van der Waals surface area contributed by atoms with Crippen LogP contribution in [0.4, 0.5) is 0 Å². The largest absolute Gasteiger partial charge is 0.375 e. The van der Waals surface area contributed by atoms with Gasteiger partial charge in [-0.3, -0.25) is 4.79 Å². The van der Waals surface area contributed by atoms with E-state index in [0.717, 1.165) is 31.5 Å². The molecule has 4 atom stereocenters. The molecular weight excluding hydrogens is 282 g/mol. The molecule has 3 heterocycles. The number of hydrogen-bond donors (Lipinski definition) is 1. The Morgan fingerprint density at radius 3 is 3.00 bits per heavy atom. The first-order valence-electron chi connectivity index (χ1n) is 8.17. The number of aromatic nitrogens is 2. The Hall–Kier alpha value is -1.40. The number of carbonyl (C=O) groups is 1. The number of aryl methyl sites for hydroxylation is 1. The number of rotatable bonds is 5. The minimum Gasteiger partial charge on any atom is -0.375 e. The number of nitrogens with zero attached hydrogens (tertiary/aromatic N) is 2. The van der Waals surface area contributed by atoms with Gasteiger partial charge in [-0.05, 0) is 32.6 Å². The first-order chi connectivity index (χ1) is 10.6. The average molecular weight is 307 g/mol. The lowest BCUT2D eigenvalue weighted by Crippen LogP contribution is -2.37. The lowest BCUT2D eigenvalue weighted by atomic mass is 10.1. The van der Waals surface area contributed by atoms with E-state index in [-0.39, 0.29) is 24.2 Å². The zero-order chi connectivity index (χ0) is 15.5. The van der Waals surface area contributed by atoms with Crippen molar-refractivity contribution in [1.29, 1.82) is 0 Å². The molecule has 2 aliphatic rings. The SMILES string of the molecule is C[C@@H]1CC[C@H](CCC(=O)N[C@H]2CCO[C@@H]2c2nccn2C)O1. The molecule has 1 N–H and O–H groups in total. The van der Waals surface area contributed by atoms with Crippen molar-refractivity contribution in [2.45, 2.75) is 63.4 Å². The predicted molar refractivity (Wildman–Crippen MR) is 81.3 cm³/mol. The maximum atomic E-state index is 12.2. The molecule has 1 amide bonds. The second-order valence-electron chi connectivity index (χ2n) is 6.34. The monoisotopic (exact) mass is 307 g/mol.